The molecule has 1 N–H and O–H groups in total. The van der Waals surface area contributed by atoms with Crippen molar-refractivity contribution in [1.82, 2.24) is 10.2 Å². The lowest BCUT2D eigenvalue weighted by atomic mass is 10.1. The van der Waals surface area contributed by atoms with Crippen LogP contribution in [0.5, 0.6) is 0 Å². The summed E-state index contributed by atoms with van der Waals surface area (Å²) < 4.78 is 26.8. The second-order valence-corrected chi connectivity index (χ2v) is 10.7. The zero-order valence-corrected chi connectivity index (χ0v) is 21.2. The van der Waals surface area contributed by atoms with Gasteiger partial charge in [0.1, 0.15) is 12.6 Å². The number of nitrogens with zero attached hydrogens (tertiary/aromatic N) is 2. The van der Waals surface area contributed by atoms with Crippen molar-refractivity contribution in [2.45, 2.75) is 39.3 Å². The number of benzene rings is 2. The van der Waals surface area contributed by atoms with E-state index in [1.165, 1.54) is 4.90 Å². The summed E-state index contributed by atoms with van der Waals surface area (Å²) in [6, 6.07) is 15.5. The van der Waals surface area contributed by atoms with E-state index in [-0.39, 0.29) is 18.5 Å². The number of sulfonamides is 1. The molecule has 0 bridgehead atoms. The Morgan fingerprint density at radius 1 is 1.00 bits per heavy atom. The molecule has 0 fully saturated rings. The third-order valence-electron chi connectivity index (χ3n) is 4.88. The number of halogens is 1. The summed E-state index contributed by atoms with van der Waals surface area (Å²) in [6.45, 7) is 5.24. The van der Waals surface area contributed by atoms with Crippen LogP contribution >= 0.6 is 15.9 Å². The van der Waals surface area contributed by atoms with Crippen molar-refractivity contribution in [3.63, 3.8) is 0 Å². The van der Waals surface area contributed by atoms with Crippen LogP contribution in [0.4, 0.5) is 5.69 Å². The van der Waals surface area contributed by atoms with Gasteiger partial charge in [0.2, 0.25) is 21.8 Å². The molecule has 0 spiro atoms. The van der Waals surface area contributed by atoms with Crippen LogP contribution in [0.25, 0.3) is 0 Å². The van der Waals surface area contributed by atoms with Gasteiger partial charge in [0, 0.05) is 17.1 Å². The van der Waals surface area contributed by atoms with Crippen molar-refractivity contribution in [1.29, 1.82) is 0 Å². The van der Waals surface area contributed by atoms with Crippen molar-refractivity contribution < 1.29 is 18.0 Å². The average Bonchev–Trinajstić information content (AvgIpc) is 2.72. The molecule has 0 saturated carbocycles. The van der Waals surface area contributed by atoms with E-state index in [2.05, 4.69) is 21.2 Å². The van der Waals surface area contributed by atoms with Gasteiger partial charge in [-0.15, -0.1) is 0 Å². The second-order valence-electron chi connectivity index (χ2n) is 7.91. The Hall–Kier alpha value is -2.39. The maximum Gasteiger partial charge on any atom is 0.244 e. The van der Waals surface area contributed by atoms with E-state index < -0.39 is 28.5 Å². The summed E-state index contributed by atoms with van der Waals surface area (Å²) in [5.41, 5.74) is 1.40. The zero-order valence-electron chi connectivity index (χ0n) is 18.8. The van der Waals surface area contributed by atoms with Gasteiger partial charge in [-0.2, -0.15) is 0 Å². The summed E-state index contributed by atoms with van der Waals surface area (Å²) in [6.07, 6.45) is 1.61. The third kappa shape index (κ3) is 7.63. The van der Waals surface area contributed by atoms with Crippen molar-refractivity contribution in [3.8, 4) is 0 Å². The molecule has 0 radical (unpaired) electrons. The van der Waals surface area contributed by atoms with Crippen LogP contribution in [0.2, 0.25) is 0 Å². The second kappa shape index (κ2) is 11.5. The van der Waals surface area contributed by atoms with E-state index in [1.54, 1.807) is 31.2 Å². The van der Waals surface area contributed by atoms with Gasteiger partial charge >= 0.3 is 0 Å². The minimum absolute atomic E-state index is 0.0775. The summed E-state index contributed by atoms with van der Waals surface area (Å²) in [7, 11) is -3.72. The van der Waals surface area contributed by atoms with Gasteiger partial charge in [-0.05, 0) is 57.0 Å². The van der Waals surface area contributed by atoms with Gasteiger partial charge in [-0.1, -0.05) is 46.3 Å². The van der Waals surface area contributed by atoms with Crippen LogP contribution in [0.15, 0.2) is 59.1 Å². The van der Waals surface area contributed by atoms with Crippen LogP contribution < -0.4 is 9.62 Å². The van der Waals surface area contributed by atoms with Gasteiger partial charge in [-0.3, -0.25) is 13.9 Å². The molecular formula is C23H30BrN3O4S. The standard InChI is InChI=1S/C23H30BrN3O4S/c1-17(2)25-23(29)18(3)26(15-14-19-8-6-5-7-9-19)22(28)16-27(32(4,30)31)21-12-10-20(24)11-13-21/h5-13,17-18H,14-16H2,1-4H3,(H,25,29). The van der Waals surface area contributed by atoms with Crippen LogP contribution in [0, 0.1) is 0 Å². The first kappa shape index (κ1) is 25.9. The highest BCUT2D eigenvalue weighted by Crippen LogP contribution is 2.21. The van der Waals surface area contributed by atoms with Crippen LogP contribution in [-0.2, 0) is 26.0 Å². The lowest BCUT2D eigenvalue weighted by Crippen LogP contribution is -2.53. The monoisotopic (exact) mass is 523 g/mol. The number of hydrogen-bond donors (Lipinski definition) is 1. The fourth-order valence-electron chi connectivity index (χ4n) is 3.20. The van der Waals surface area contributed by atoms with E-state index in [4.69, 9.17) is 0 Å². The molecule has 0 aliphatic rings. The van der Waals surface area contributed by atoms with Crippen molar-refractivity contribution in [3.05, 3.63) is 64.6 Å². The van der Waals surface area contributed by atoms with Crippen LogP contribution in [0.1, 0.15) is 26.3 Å². The van der Waals surface area contributed by atoms with Gasteiger partial charge in [-0.25, -0.2) is 8.42 Å². The van der Waals surface area contributed by atoms with Gasteiger partial charge in [0.15, 0.2) is 0 Å². The number of carbonyl (C=O) groups excluding carboxylic acids is 2. The quantitative estimate of drug-likeness (QED) is 0.517. The number of carbonyl (C=O) groups is 2. The molecule has 2 aromatic rings. The van der Waals surface area contributed by atoms with Crippen molar-refractivity contribution >= 4 is 43.5 Å². The molecule has 32 heavy (non-hydrogen) atoms. The molecule has 1 atom stereocenters. The summed E-state index contributed by atoms with van der Waals surface area (Å²) >= 11 is 3.33. The van der Waals surface area contributed by atoms with E-state index in [0.717, 1.165) is 20.6 Å². The largest absolute Gasteiger partial charge is 0.352 e. The average molecular weight is 524 g/mol. The molecule has 7 nitrogen and oxygen atoms in total. The Bertz CT molecular complexity index is 1010. The van der Waals surface area contributed by atoms with E-state index in [1.807, 2.05) is 44.2 Å². The van der Waals surface area contributed by atoms with Crippen LogP contribution in [0.3, 0.4) is 0 Å². The van der Waals surface area contributed by atoms with Crippen molar-refractivity contribution in [2.24, 2.45) is 0 Å². The number of rotatable bonds is 10. The Morgan fingerprint density at radius 2 is 1.59 bits per heavy atom. The minimum Gasteiger partial charge on any atom is -0.352 e. The molecule has 0 heterocycles. The first-order valence-corrected chi connectivity index (χ1v) is 13.0. The minimum atomic E-state index is -3.72. The SMILES string of the molecule is CC(C)NC(=O)C(C)N(CCc1ccccc1)C(=O)CN(c1ccc(Br)cc1)S(C)(=O)=O. The molecule has 2 amide bonds. The first-order valence-electron chi connectivity index (χ1n) is 10.4. The third-order valence-corrected chi connectivity index (χ3v) is 6.55. The zero-order chi connectivity index (χ0) is 23.9. The lowest BCUT2D eigenvalue weighted by molar-refractivity contribution is -0.139. The summed E-state index contributed by atoms with van der Waals surface area (Å²) in [4.78, 5) is 27.4. The maximum atomic E-state index is 13.3. The highest BCUT2D eigenvalue weighted by atomic mass is 79.9. The van der Waals surface area contributed by atoms with E-state index >= 15 is 0 Å². The fraction of sp³-hybridized carbons (Fsp3) is 0.391. The number of anilines is 1. The number of amides is 2. The summed E-state index contributed by atoms with van der Waals surface area (Å²) in [5.74, 6) is -0.725. The van der Waals surface area contributed by atoms with Gasteiger partial charge in [0.25, 0.3) is 0 Å². The smallest absolute Gasteiger partial charge is 0.244 e. The summed E-state index contributed by atoms with van der Waals surface area (Å²) in [5, 5.41) is 2.83. The Balaban J connectivity index is 2.29. The molecular weight excluding hydrogens is 494 g/mol. The fourth-order valence-corrected chi connectivity index (χ4v) is 4.31. The Morgan fingerprint density at radius 3 is 2.12 bits per heavy atom. The Labute approximate surface area is 199 Å². The molecule has 0 aromatic heterocycles. The molecule has 2 rings (SSSR count). The van der Waals surface area contributed by atoms with E-state index in [0.29, 0.717) is 12.1 Å². The lowest BCUT2D eigenvalue weighted by Gasteiger charge is -2.31. The highest BCUT2D eigenvalue weighted by Gasteiger charge is 2.29. The number of hydrogen-bond acceptors (Lipinski definition) is 4. The molecule has 0 aliphatic heterocycles. The molecule has 1 unspecified atom stereocenters. The molecule has 174 valence electrons. The van der Waals surface area contributed by atoms with E-state index in [9.17, 15) is 18.0 Å². The molecule has 2 aromatic carbocycles. The highest BCUT2D eigenvalue weighted by molar-refractivity contribution is 9.10. The normalized spacial score (nSPS) is 12.3. The molecule has 9 heteroatoms. The van der Waals surface area contributed by atoms with Gasteiger partial charge < -0.3 is 10.2 Å². The van der Waals surface area contributed by atoms with Crippen LogP contribution in [-0.4, -0.2) is 56.6 Å². The molecule has 0 saturated heterocycles. The topological polar surface area (TPSA) is 86.8 Å². The predicted octanol–water partition coefficient (Wildman–Crippen LogP) is 3.20. The van der Waals surface area contributed by atoms with Gasteiger partial charge in [0.05, 0.1) is 11.9 Å². The van der Waals surface area contributed by atoms with Crippen molar-refractivity contribution in [2.75, 3.05) is 23.7 Å². The maximum absolute atomic E-state index is 13.3. The predicted molar refractivity (Wildman–Crippen MR) is 131 cm³/mol. The first-order chi connectivity index (χ1) is 15.0. The Kier molecular flexibility index (Phi) is 9.27. The number of nitrogens with one attached hydrogen (secondary N) is 1. The molecule has 0 aliphatic carbocycles.